The van der Waals surface area contributed by atoms with E-state index in [9.17, 15) is 8.42 Å². The zero-order chi connectivity index (χ0) is 17.7. The van der Waals surface area contributed by atoms with Gasteiger partial charge in [0.2, 0.25) is 9.84 Å². The largest absolute Gasteiger partial charge is 0.477 e. The highest BCUT2D eigenvalue weighted by atomic mass is 32.2. The highest BCUT2D eigenvalue weighted by Gasteiger charge is 2.38. The average Bonchev–Trinajstić information content (AvgIpc) is 3.09. The smallest absolute Gasteiger partial charge is 0.205 e. The van der Waals surface area contributed by atoms with E-state index in [1.807, 2.05) is 25.1 Å². The van der Waals surface area contributed by atoms with Crippen LogP contribution < -0.4 is 0 Å². The molecule has 0 saturated carbocycles. The highest BCUT2D eigenvalue weighted by Crippen LogP contribution is 2.27. The lowest BCUT2D eigenvalue weighted by Gasteiger charge is -2.17. The van der Waals surface area contributed by atoms with Crippen LogP contribution in [0.1, 0.15) is 30.4 Å². The van der Waals surface area contributed by atoms with Gasteiger partial charge in [-0.25, -0.2) is 13.4 Å². The molecule has 1 aliphatic heterocycles. The number of unbranched alkanes of at least 4 members (excludes halogenated alkanes) is 1. The van der Waals surface area contributed by atoms with Gasteiger partial charge in [-0.1, -0.05) is 48.0 Å². The van der Waals surface area contributed by atoms with E-state index in [1.54, 1.807) is 24.3 Å². The second-order valence-corrected chi connectivity index (χ2v) is 8.45. The lowest BCUT2D eigenvalue weighted by Crippen LogP contribution is -2.30. The number of rotatable bonds is 7. The van der Waals surface area contributed by atoms with Crippen molar-refractivity contribution in [2.45, 2.75) is 49.0 Å². The van der Waals surface area contributed by atoms with Crippen LogP contribution in [0, 0.1) is 6.92 Å². The van der Waals surface area contributed by atoms with Gasteiger partial charge in [-0.3, -0.25) is 0 Å². The maximum absolute atomic E-state index is 12.8. The van der Waals surface area contributed by atoms with E-state index >= 15 is 0 Å². The fraction of sp³-hybridized carbons (Fsp3) is 0.350. The van der Waals surface area contributed by atoms with Gasteiger partial charge in [-0.15, -0.1) is 0 Å². The topological polar surface area (TPSA) is 55.7 Å². The molecule has 0 fully saturated rings. The standard InChI is InChI=1S/C20H23NO3S/c1-16-11-13-18(14-12-16)25(22,23)20-19(24-15-21-20)10-6-5-9-17-7-3-2-4-8-17/h2-4,7-8,11-15,19-20H,5-6,9-10H2,1H3/t19-,20-/m0/s1. The number of ether oxygens (including phenoxy) is 1. The van der Waals surface area contributed by atoms with Gasteiger partial charge in [-0.2, -0.15) is 0 Å². The van der Waals surface area contributed by atoms with Gasteiger partial charge in [0.25, 0.3) is 0 Å². The first-order valence-electron chi connectivity index (χ1n) is 8.59. The van der Waals surface area contributed by atoms with E-state index in [1.165, 1.54) is 12.0 Å². The van der Waals surface area contributed by atoms with Crippen molar-refractivity contribution in [2.24, 2.45) is 4.99 Å². The van der Waals surface area contributed by atoms with Crippen molar-refractivity contribution in [2.75, 3.05) is 0 Å². The van der Waals surface area contributed by atoms with Crippen LogP contribution in [-0.2, 0) is 21.0 Å². The minimum atomic E-state index is -3.52. The summed E-state index contributed by atoms with van der Waals surface area (Å²) in [6.45, 7) is 1.93. The quantitative estimate of drug-likeness (QED) is 0.706. The Balaban J connectivity index is 1.58. The molecule has 0 aromatic heterocycles. The SMILES string of the molecule is Cc1ccc(S(=O)(=O)[C@@H]2N=CO[C@H]2CCCCc2ccccc2)cc1. The number of aryl methyl sites for hydroxylation is 2. The van der Waals surface area contributed by atoms with Crippen molar-refractivity contribution >= 4 is 16.2 Å². The molecule has 0 saturated heterocycles. The van der Waals surface area contributed by atoms with Crippen molar-refractivity contribution in [3.63, 3.8) is 0 Å². The van der Waals surface area contributed by atoms with Crippen molar-refractivity contribution in [3.05, 3.63) is 65.7 Å². The Morgan fingerprint density at radius 1 is 1.00 bits per heavy atom. The molecule has 1 heterocycles. The summed E-state index contributed by atoms with van der Waals surface area (Å²) < 4.78 is 31.1. The molecule has 0 amide bonds. The summed E-state index contributed by atoms with van der Waals surface area (Å²) >= 11 is 0. The normalized spacial score (nSPS) is 19.7. The summed E-state index contributed by atoms with van der Waals surface area (Å²) in [4.78, 5) is 4.39. The van der Waals surface area contributed by atoms with Gasteiger partial charge in [0, 0.05) is 0 Å². The minimum absolute atomic E-state index is 0.306. The second-order valence-electron chi connectivity index (χ2n) is 6.41. The zero-order valence-corrected chi connectivity index (χ0v) is 15.2. The molecule has 0 aliphatic carbocycles. The number of aliphatic imine (C=N–C) groups is 1. The maximum atomic E-state index is 12.8. The summed E-state index contributed by atoms with van der Waals surface area (Å²) in [6.07, 6.45) is 4.47. The molecule has 5 heteroatoms. The summed E-state index contributed by atoms with van der Waals surface area (Å²) in [5.41, 5.74) is 2.33. The molecule has 0 bridgehead atoms. The lowest BCUT2D eigenvalue weighted by atomic mass is 10.1. The molecular formula is C20H23NO3S. The Kier molecular flexibility index (Phi) is 5.53. The first kappa shape index (κ1) is 17.7. The number of sulfone groups is 1. The van der Waals surface area contributed by atoms with E-state index in [0.717, 1.165) is 24.8 Å². The number of benzene rings is 2. The third-order valence-corrected chi connectivity index (χ3v) is 6.47. The monoisotopic (exact) mass is 357 g/mol. The molecule has 0 N–H and O–H groups in total. The third kappa shape index (κ3) is 4.28. The van der Waals surface area contributed by atoms with Gasteiger partial charge in [-0.05, 0) is 50.3 Å². The first-order valence-corrected chi connectivity index (χ1v) is 10.1. The van der Waals surface area contributed by atoms with Crippen LogP contribution in [0.25, 0.3) is 0 Å². The summed E-state index contributed by atoms with van der Waals surface area (Å²) in [7, 11) is -3.52. The molecule has 25 heavy (non-hydrogen) atoms. The summed E-state index contributed by atoms with van der Waals surface area (Å²) in [5.74, 6) is 0. The Morgan fingerprint density at radius 3 is 2.44 bits per heavy atom. The molecule has 132 valence electrons. The third-order valence-electron chi connectivity index (χ3n) is 4.48. The van der Waals surface area contributed by atoms with E-state index < -0.39 is 21.3 Å². The second kappa shape index (κ2) is 7.83. The fourth-order valence-corrected chi connectivity index (χ4v) is 4.62. The van der Waals surface area contributed by atoms with Gasteiger partial charge < -0.3 is 4.74 Å². The van der Waals surface area contributed by atoms with E-state index in [2.05, 4.69) is 17.1 Å². The Labute approximate surface area is 149 Å². The van der Waals surface area contributed by atoms with Gasteiger partial charge in [0.05, 0.1) is 4.90 Å². The molecule has 0 spiro atoms. The average molecular weight is 357 g/mol. The predicted octanol–water partition coefficient (Wildman–Crippen LogP) is 3.93. The number of hydrogen-bond donors (Lipinski definition) is 0. The van der Waals surface area contributed by atoms with Crippen LogP contribution in [0.3, 0.4) is 0 Å². The molecule has 3 rings (SSSR count). The molecule has 0 radical (unpaired) electrons. The predicted molar refractivity (Wildman–Crippen MR) is 99.5 cm³/mol. The molecule has 4 nitrogen and oxygen atoms in total. The molecule has 0 unspecified atom stereocenters. The Bertz CT molecular complexity index is 814. The van der Waals surface area contributed by atoms with Crippen LogP contribution in [-0.4, -0.2) is 26.3 Å². The fourth-order valence-electron chi connectivity index (χ4n) is 3.01. The molecular weight excluding hydrogens is 334 g/mol. The van der Waals surface area contributed by atoms with E-state index in [-0.39, 0.29) is 0 Å². The molecule has 2 aromatic rings. The van der Waals surface area contributed by atoms with Crippen LogP contribution in [0.4, 0.5) is 0 Å². The molecule has 1 aliphatic rings. The van der Waals surface area contributed by atoms with Crippen LogP contribution in [0.5, 0.6) is 0 Å². The highest BCUT2D eigenvalue weighted by molar-refractivity contribution is 7.92. The van der Waals surface area contributed by atoms with E-state index in [0.29, 0.717) is 11.3 Å². The van der Waals surface area contributed by atoms with Crippen LogP contribution in [0.15, 0.2) is 64.5 Å². The van der Waals surface area contributed by atoms with Crippen molar-refractivity contribution in [1.82, 2.24) is 0 Å². The van der Waals surface area contributed by atoms with Gasteiger partial charge in [0.1, 0.15) is 6.10 Å². The molecule has 2 atom stereocenters. The van der Waals surface area contributed by atoms with Crippen LogP contribution >= 0.6 is 0 Å². The lowest BCUT2D eigenvalue weighted by molar-refractivity contribution is 0.206. The van der Waals surface area contributed by atoms with Crippen molar-refractivity contribution in [3.8, 4) is 0 Å². The van der Waals surface area contributed by atoms with Gasteiger partial charge >= 0.3 is 0 Å². The minimum Gasteiger partial charge on any atom is -0.477 e. The number of hydrogen-bond acceptors (Lipinski definition) is 4. The van der Waals surface area contributed by atoms with Crippen molar-refractivity contribution < 1.29 is 13.2 Å². The number of nitrogens with zero attached hydrogens (tertiary/aromatic N) is 1. The first-order chi connectivity index (χ1) is 12.1. The summed E-state index contributed by atoms with van der Waals surface area (Å²) in [6, 6.07) is 17.2. The van der Waals surface area contributed by atoms with Crippen LogP contribution in [0.2, 0.25) is 0 Å². The van der Waals surface area contributed by atoms with E-state index in [4.69, 9.17) is 4.74 Å². The zero-order valence-electron chi connectivity index (χ0n) is 14.3. The maximum Gasteiger partial charge on any atom is 0.205 e. The van der Waals surface area contributed by atoms with Crippen molar-refractivity contribution in [1.29, 1.82) is 0 Å². The molecule has 2 aromatic carbocycles. The summed E-state index contributed by atoms with van der Waals surface area (Å²) in [5, 5.41) is -0.841. The van der Waals surface area contributed by atoms with Gasteiger partial charge in [0.15, 0.2) is 11.8 Å². The Morgan fingerprint density at radius 2 is 1.72 bits per heavy atom. The Hall–Kier alpha value is -2.14.